The van der Waals surface area contributed by atoms with E-state index in [0.717, 1.165) is 12.1 Å². The zero-order chi connectivity index (χ0) is 9.84. The van der Waals surface area contributed by atoms with Gasteiger partial charge in [0, 0.05) is 6.07 Å². The molecule has 1 nitrogen and oxygen atoms in total. The molecule has 0 N–H and O–H groups in total. The Kier molecular flexibility index (Phi) is 2.95. The first-order valence-corrected chi connectivity index (χ1v) is 3.40. The van der Waals surface area contributed by atoms with Crippen molar-refractivity contribution in [3.05, 3.63) is 42.2 Å². The van der Waals surface area contributed by atoms with E-state index in [2.05, 4.69) is 17.4 Å². The first-order chi connectivity index (χ1) is 6.11. The average molecular weight is 187 g/mol. The highest BCUT2D eigenvalue weighted by Gasteiger charge is 2.06. The molecule has 0 saturated carbocycles. The molecule has 1 aromatic carbocycles. The van der Waals surface area contributed by atoms with E-state index in [9.17, 15) is 13.2 Å². The second-order valence-corrected chi connectivity index (χ2v) is 2.23. The van der Waals surface area contributed by atoms with Crippen LogP contribution in [0.25, 0.3) is 0 Å². The minimum Gasteiger partial charge on any atom is -0.435 e. The normalized spacial score (nSPS) is 10.2. The molecule has 1 aromatic rings. The second kappa shape index (κ2) is 3.98. The van der Waals surface area contributed by atoms with E-state index in [-0.39, 0.29) is 11.3 Å². The topological polar surface area (TPSA) is 9.23 Å². The minimum absolute atomic E-state index is 0.235. The zero-order valence-corrected chi connectivity index (χ0v) is 6.56. The molecule has 0 fully saturated rings. The van der Waals surface area contributed by atoms with Crippen molar-refractivity contribution >= 4 is 0 Å². The van der Waals surface area contributed by atoms with Crippen LogP contribution in [0, 0.1) is 11.9 Å². The second-order valence-electron chi connectivity index (χ2n) is 2.23. The molecule has 1 rings (SSSR count). The van der Waals surface area contributed by atoms with Gasteiger partial charge in [0.15, 0.2) is 0 Å². The molecule has 0 amide bonds. The van der Waals surface area contributed by atoms with Crippen LogP contribution < -0.4 is 4.74 Å². The summed E-state index contributed by atoms with van der Waals surface area (Å²) < 4.78 is 40.1. The summed E-state index contributed by atoms with van der Waals surface area (Å²) in [6.07, 6.45) is 2.37. The number of ether oxygens (including phenoxy) is 1. The van der Waals surface area contributed by atoms with Crippen LogP contribution in [0.15, 0.2) is 24.8 Å². The van der Waals surface area contributed by atoms with Crippen LogP contribution in [0.4, 0.5) is 13.2 Å². The summed E-state index contributed by atoms with van der Waals surface area (Å²) in [4.78, 5) is 0. The fourth-order valence-electron chi connectivity index (χ4n) is 0.836. The fourth-order valence-corrected chi connectivity index (χ4v) is 0.836. The van der Waals surface area contributed by atoms with Crippen molar-refractivity contribution in [2.24, 2.45) is 0 Å². The number of alkyl halides is 2. The molecule has 0 aliphatic carbocycles. The van der Waals surface area contributed by atoms with Crippen molar-refractivity contribution in [3.63, 3.8) is 0 Å². The number of hydrogen-bond acceptors (Lipinski definition) is 1. The highest BCUT2D eigenvalue weighted by atomic mass is 19.3. The standard InChI is InChI=1S/C9H6F3O/c1-2-6-3-7(10)5-8(4-6)13-9(11)12/h3-5,9H,1H2. The molecule has 0 aliphatic rings. The Morgan fingerprint density at radius 2 is 2.00 bits per heavy atom. The molecule has 0 spiro atoms. The van der Waals surface area contributed by atoms with Gasteiger partial charge in [0.2, 0.25) is 0 Å². The Morgan fingerprint density at radius 3 is 2.54 bits per heavy atom. The summed E-state index contributed by atoms with van der Waals surface area (Å²) in [7, 11) is 0. The van der Waals surface area contributed by atoms with Crippen LogP contribution in [0.3, 0.4) is 0 Å². The lowest BCUT2D eigenvalue weighted by molar-refractivity contribution is -0.0500. The first kappa shape index (κ1) is 9.64. The quantitative estimate of drug-likeness (QED) is 0.706. The van der Waals surface area contributed by atoms with Gasteiger partial charge < -0.3 is 4.74 Å². The number of hydrogen-bond donors (Lipinski definition) is 0. The van der Waals surface area contributed by atoms with Crippen LogP contribution in [-0.4, -0.2) is 6.61 Å². The van der Waals surface area contributed by atoms with Crippen LogP contribution >= 0.6 is 0 Å². The Morgan fingerprint density at radius 1 is 1.31 bits per heavy atom. The SMILES string of the molecule is C=[C]c1cc(F)cc(OC(F)F)c1. The lowest BCUT2D eigenvalue weighted by Crippen LogP contribution is -2.02. The van der Waals surface area contributed by atoms with Gasteiger partial charge in [-0.15, -0.1) is 0 Å². The summed E-state index contributed by atoms with van der Waals surface area (Å²) in [5, 5.41) is 0. The van der Waals surface area contributed by atoms with Crippen LogP contribution in [0.5, 0.6) is 5.75 Å². The van der Waals surface area contributed by atoms with Crippen molar-refractivity contribution in [3.8, 4) is 5.75 Å². The highest BCUT2D eigenvalue weighted by Crippen LogP contribution is 2.18. The monoisotopic (exact) mass is 187 g/mol. The van der Waals surface area contributed by atoms with Gasteiger partial charge in [0.1, 0.15) is 11.6 Å². The Bertz CT molecular complexity index is 310. The van der Waals surface area contributed by atoms with Gasteiger partial charge in [0.05, 0.1) is 0 Å². The molecular weight excluding hydrogens is 181 g/mol. The van der Waals surface area contributed by atoms with Crippen LogP contribution in [0.1, 0.15) is 5.56 Å². The molecule has 0 heterocycles. The molecular formula is C9H6F3O. The Hall–Kier alpha value is -1.45. The number of halogens is 3. The predicted octanol–water partition coefficient (Wildman–Crippen LogP) is 2.76. The van der Waals surface area contributed by atoms with Crippen molar-refractivity contribution in [2.45, 2.75) is 6.61 Å². The molecule has 0 aliphatic heterocycles. The largest absolute Gasteiger partial charge is 0.435 e. The third-order valence-corrected chi connectivity index (χ3v) is 1.30. The molecule has 0 bridgehead atoms. The molecule has 4 heteroatoms. The van der Waals surface area contributed by atoms with Gasteiger partial charge in [-0.1, -0.05) is 6.58 Å². The predicted molar refractivity (Wildman–Crippen MR) is 41.0 cm³/mol. The summed E-state index contributed by atoms with van der Waals surface area (Å²) in [5.41, 5.74) is 0.274. The van der Waals surface area contributed by atoms with E-state index in [0.29, 0.717) is 0 Å². The van der Waals surface area contributed by atoms with Crippen molar-refractivity contribution in [1.82, 2.24) is 0 Å². The van der Waals surface area contributed by atoms with E-state index >= 15 is 0 Å². The molecule has 13 heavy (non-hydrogen) atoms. The molecule has 0 atom stereocenters. The molecule has 0 unspecified atom stereocenters. The zero-order valence-electron chi connectivity index (χ0n) is 6.56. The third kappa shape index (κ3) is 2.82. The highest BCUT2D eigenvalue weighted by molar-refractivity contribution is 5.32. The minimum atomic E-state index is -2.96. The Labute approximate surface area is 73.4 Å². The first-order valence-electron chi connectivity index (χ1n) is 3.40. The van der Waals surface area contributed by atoms with Gasteiger partial charge in [0.25, 0.3) is 0 Å². The summed E-state index contributed by atoms with van der Waals surface area (Å²) >= 11 is 0. The van der Waals surface area contributed by atoms with E-state index in [4.69, 9.17) is 0 Å². The number of benzene rings is 1. The lowest BCUT2D eigenvalue weighted by atomic mass is 10.2. The maximum atomic E-state index is 12.7. The average Bonchev–Trinajstić information content (AvgIpc) is 2.01. The van der Waals surface area contributed by atoms with Gasteiger partial charge >= 0.3 is 6.61 Å². The van der Waals surface area contributed by atoms with E-state index in [1.807, 2.05) is 0 Å². The number of rotatable bonds is 3. The maximum absolute atomic E-state index is 12.7. The van der Waals surface area contributed by atoms with Crippen molar-refractivity contribution < 1.29 is 17.9 Å². The Balaban J connectivity index is 2.94. The van der Waals surface area contributed by atoms with Crippen molar-refractivity contribution in [2.75, 3.05) is 0 Å². The van der Waals surface area contributed by atoms with Crippen LogP contribution in [0.2, 0.25) is 0 Å². The fraction of sp³-hybridized carbons (Fsp3) is 0.111. The third-order valence-electron chi connectivity index (χ3n) is 1.30. The van der Waals surface area contributed by atoms with E-state index in [1.54, 1.807) is 0 Å². The van der Waals surface area contributed by atoms with Gasteiger partial charge in [-0.3, -0.25) is 0 Å². The van der Waals surface area contributed by atoms with Gasteiger partial charge in [-0.05, 0) is 23.8 Å². The summed E-state index contributed by atoms with van der Waals surface area (Å²) in [6, 6.07) is 3.21. The van der Waals surface area contributed by atoms with E-state index < -0.39 is 12.4 Å². The molecule has 69 valence electrons. The molecule has 1 radical (unpaired) electrons. The maximum Gasteiger partial charge on any atom is 0.387 e. The molecule has 0 aromatic heterocycles. The molecule has 0 saturated heterocycles. The van der Waals surface area contributed by atoms with Gasteiger partial charge in [-0.25, -0.2) is 4.39 Å². The van der Waals surface area contributed by atoms with Gasteiger partial charge in [-0.2, -0.15) is 8.78 Å². The van der Waals surface area contributed by atoms with Crippen molar-refractivity contribution in [1.29, 1.82) is 0 Å². The smallest absolute Gasteiger partial charge is 0.387 e. The summed E-state index contributed by atoms with van der Waals surface area (Å²) in [6.45, 7) is 0.299. The van der Waals surface area contributed by atoms with E-state index in [1.165, 1.54) is 6.07 Å². The lowest BCUT2D eigenvalue weighted by Gasteiger charge is -2.04. The summed E-state index contributed by atoms with van der Waals surface area (Å²) in [5.74, 6) is -0.898. The van der Waals surface area contributed by atoms with Crippen LogP contribution in [-0.2, 0) is 0 Å².